The van der Waals surface area contributed by atoms with Crippen molar-refractivity contribution in [3.8, 4) is 11.5 Å². The van der Waals surface area contributed by atoms with Crippen LogP contribution in [-0.2, 0) is 16.8 Å². The van der Waals surface area contributed by atoms with E-state index >= 15 is 0 Å². The summed E-state index contributed by atoms with van der Waals surface area (Å²) in [5.41, 5.74) is 3.17. The molecule has 1 saturated carbocycles. The maximum atomic E-state index is 12.9. The monoisotopic (exact) mass is 435 g/mol. The summed E-state index contributed by atoms with van der Waals surface area (Å²) in [5, 5.41) is 8.89. The number of amides is 1. The fourth-order valence-electron chi connectivity index (χ4n) is 3.30. The Kier molecular flexibility index (Phi) is 5.96. The van der Waals surface area contributed by atoms with Gasteiger partial charge in [-0.3, -0.25) is 4.79 Å². The third-order valence-electron chi connectivity index (χ3n) is 5.33. The van der Waals surface area contributed by atoms with Crippen molar-refractivity contribution in [2.45, 2.75) is 51.6 Å². The van der Waals surface area contributed by atoms with Crippen LogP contribution in [0.15, 0.2) is 59.0 Å². The average Bonchev–Trinajstić information content (AvgIpc) is 3.48. The van der Waals surface area contributed by atoms with Gasteiger partial charge in [-0.2, -0.15) is 0 Å². The lowest BCUT2D eigenvalue weighted by molar-refractivity contribution is -0.127. The second-order valence-electron chi connectivity index (χ2n) is 8.91. The van der Waals surface area contributed by atoms with E-state index in [2.05, 4.69) is 43.1 Å². The van der Waals surface area contributed by atoms with Crippen LogP contribution in [0.25, 0.3) is 17.5 Å². The number of halogens is 1. The molecule has 4 rings (SSSR count). The van der Waals surface area contributed by atoms with Crippen LogP contribution in [0.2, 0.25) is 5.02 Å². The largest absolute Gasteiger partial charge is 0.419 e. The van der Waals surface area contributed by atoms with Crippen LogP contribution in [0, 0.1) is 0 Å². The zero-order chi connectivity index (χ0) is 22.0. The maximum absolute atomic E-state index is 12.9. The molecular weight excluding hydrogens is 410 g/mol. The lowest BCUT2D eigenvalue weighted by atomic mass is 9.87. The molecule has 31 heavy (non-hydrogen) atoms. The second-order valence-corrected chi connectivity index (χ2v) is 9.35. The number of hydrogen-bond acceptors (Lipinski definition) is 4. The molecule has 1 aliphatic rings. The minimum absolute atomic E-state index is 0.0476. The molecule has 0 N–H and O–H groups in total. The smallest absolute Gasteiger partial charge is 0.247 e. The van der Waals surface area contributed by atoms with Crippen LogP contribution in [0.5, 0.6) is 0 Å². The SMILES string of the molecule is CC(C)(C)c1ccc(/C=C/C(=O)N(Cc2nnc(-c3ccc(Cl)cc3)o2)C2CC2)cc1. The summed E-state index contributed by atoms with van der Waals surface area (Å²) < 4.78 is 5.79. The van der Waals surface area contributed by atoms with E-state index in [-0.39, 0.29) is 17.4 Å². The molecule has 0 unspecified atom stereocenters. The van der Waals surface area contributed by atoms with Crippen molar-refractivity contribution in [3.63, 3.8) is 0 Å². The summed E-state index contributed by atoms with van der Waals surface area (Å²) in [5.74, 6) is 0.797. The van der Waals surface area contributed by atoms with Crippen LogP contribution in [0.3, 0.4) is 0 Å². The fourth-order valence-corrected chi connectivity index (χ4v) is 3.43. The molecule has 0 radical (unpaired) electrons. The topological polar surface area (TPSA) is 59.2 Å². The standard InChI is InChI=1S/C25H26ClN3O2/c1-25(2,3)19-9-4-17(5-10-19)6-15-23(30)29(21-13-14-21)16-22-27-28-24(31-22)18-7-11-20(26)12-8-18/h4-12,15,21H,13-14,16H2,1-3H3/b15-6+. The van der Waals surface area contributed by atoms with E-state index in [0.717, 1.165) is 24.0 Å². The van der Waals surface area contributed by atoms with Crippen molar-refractivity contribution < 1.29 is 9.21 Å². The van der Waals surface area contributed by atoms with Gasteiger partial charge in [0.15, 0.2) is 0 Å². The summed E-state index contributed by atoms with van der Waals surface area (Å²) in [6.07, 6.45) is 5.48. The van der Waals surface area contributed by atoms with Crippen LogP contribution in [0.1, 0.15) is 50.6 Å². The fraction of sp³-hybridized carbons (Fsp3) is 0.320. The van der Waals surface area contributed by atoms with Crippen LogP contribution in [0.4, 0.5) is 0 Å². The zero-order valence-electron chi connectivity index (χ0n) is 18.0. The number of benzene rings is 2. The first-order valence-corrected chi connectivity index (χ1v) is 10.8. The van der Waals surface area contributed by atoms with Gasteiger partial charge in [-0.1, -0.05) is 56.6 Å². The molecule has 1 aromatic heterocycles. The highest BCUT2D eigenvalue weighted by atomic mass is 35.5. The second kappa shape index (κ2) is 8.67. The van der Waals surface area contributed by atoms with Gasteiger partial charge in [0.1, 0.15) is 0 Å². The summed E-state index contributed by atoms with van der Waals surface area (Å²) in [6, 6.07) is 15.8. The Bertz CT molecular complexity index is 1080. The summed E-state index contributed by atoms with van der Waals surface area (Å²) in [4.78, 5) is 14.7. The van der Waals surface area contributed by atoms with E-state index in [1.807, 2.05) is 30.3 Å². The molecule has 0 aliphatic heterocycles. The zero-order valence-corrected chi connectivity index (χ0v) is 18.8. The Labute approximate surface area is 187 Å². The number of carbonyl (C=O) groups is 1. The first kappa shape index (κ1) is 21.3. The van der Waals surface area contributed by atoms with Crippen molar-refractivity contribution in [3.05, 3.63) is 76.6 Å². The Morgan fingerprint density at radius 2 is 1.77 bits per heavy atom. The van der Waals surface area contributed by atoms with Gasteiger partial charge in [-0.15, -0.1) is 10.2 Å². The maximum Gasteiger partial charge on any atom is 0.247 e. The average molecular weight is 436 g/mol. The number of hydrogen-bond donors (Lipinski definition) is 0. The predicted octanol–water partition coefficient (Wildman–Crippen LogP) is 5.89. The third-order valence-corrected chi connectivity index (χ3v) is 5.58. The molecule has 5 nitrogen and oxygen atoms in total. The minimum Gasteiger partial charge on any atom is -0.419 e. The first-order valence-electron chi connectivity index (χ1n) is 10.5. The number of rotatable bonds is 6. The number of aromatic nitrogens is 2. The lowest BCUT2D eigenvalue weighted by Gasteiger charge is -2.19. The molecule has 0 bridgehead atoms. The van der Waals surface area contributed by atoms with Gasteiger partial charge in [0, 0.05) is 22.7 Å². The Morgan fingerprint density at radius 3 is 2.39 bits per heavy atom. The molecule has 160 valence electrons. The summed E-state index contributed by atoms with van der Waals surface area (Å²) in [7, 11) is 0. The number of nitrogens with zero attached hydrogens (tertiary/aromatic N) is 3. The molecule has 1 fully saturated rings. The van der Waals surface area contributed by atoms with E-state index in [9.17, 15) is 4.79 Å². The van der Waals surface area contributed by atoms with Gasteiger partial charge >= 0.3 is 0 Å². The highest BCUT2D eigenvalue weighted by Crippen LogP contribution is 2.29. The molecule has 6 heteroatoms. The normalized spacial score (nSPS) is 14.2. The molecule has 0 atom stereocenters. The highest BCUT2D eigenvalue weighted by molar-refractivity contribution is 6.30. The third kappa shape index (κ3) is 5.42. The van der Waals surface area contributed by atoms with Gasteiger partial charge in [-0.05, 0) is 59.7 Å². The Hall–Kier alpha value is -2.92. The molecular formula is C25H26ClN3O2. The van der Waals surface area contributed by atoms with Crippen LogP contribution >= 0.6 is 11.6 Å². The van der Waals surface area contributed by atoms with Gasteiger partial charge in [0.25, 0.3) is 0 Å². The molecule has 1 heterocycles. The van der Waals surface area contributed by atoms with E-state index in [1.54, 1.807) is 23.1 Å². The van der Waals surface area contributed by atoms with Gasteiger partial charge in [0.05, 0.1) is 6.54 Å². The highest BCUT2D eigenvalue weighted by Gasteiger charge is 2.32. The van der Waals surface area contributed by atoms with Crippen molar-refractivity contribution in [2.75, 3.05) is 0 Å². The van der Waals surface area contributed by atoms with Crippen molar-refractivity contribution in [1.29, 1.82) is 0 Å². The lowest BCUT2D eigenvalue weighted by Crippen LogP contribution is -2.31. The Morgan fingerprint density at radius 1 is 1.10 bits per heavy atom. The van der Waals surface area contributed by atoms with E-state index < -0.39 is 0 Å². The van der Waals surface area contributed by atoms with E-state index in [4.69, 9.17) is 16.0 Å². The van der Waals surface area contributed by atoms with Gasteiger partial charge < -0.3 is 9.32 Å². The number of carbonyl (C=O) groups excluding carboxylic acids is 1. The van der Waals surface area contributed by atoms with Crippen molar-refractivity contribution >= 4 is 23.6 Å². The molecule has 3 aromatic rings. The molecule has 0 saturated heterocycles. The van der Waals surface area contributed by atoms with Crippen LogP contribution in [-0.4, -0.2) is 27.0 Å². The molecule has 2 aromatic carbocycles. The van der Waals surface area contributed by atoms with E-state index in [1.165, 1.54) is 5.56 Å². The van der Waals surface area contributed by atoms with Gasteiger partial charge in [-0.25, -0.2) is 0 Å². The molecule has 1 amide bonds. The molecule has 1 aliphatic carbocycles. The van der Waals surface area contributed by atoms with Crippen molar-refractivity contribution in [2.24, 2.45) is 0 Å². The quantitative estimate of drug-likeness (QED) is 0.453. The Balaban J connectivity index is 1.44. The minimum atomic E-state index is -0.0476. The van der Waals surface area contributed by atoms with Crippen molar-refractivity contribution in [1.82, 2.24) is 15.1 Å². The predicted molar refractivity (Wildman–Crippen MR) is 122 cm³/mol. The molecule has 0 spiro atoms. The first-order chi connectivity index (χ1) is 14.8. The van der Waals surface area contributed by atoms with E-state index in [0.29, 0.717) is 23.3 Å². The summed E-state index contributed by atoms with van der Waals surface area (Å²) in [6.45, 7) is 6.86. The van der Waals surface area contributed by atoms with Crippen LogP contribution < -0.4 is 0 Å². The van der Waals surface area contributed by atoms with Gasteiger partial charge in [0.2, 0.25) is 17.7 Å². The summed E-state index contributed by atoms with van der Waals surface area (Å²) >= 11 is 5.93.